The molecule has 3 aliphatic heterocycles. The molecule has 188 valence electrons. The smallest absolute Gasteiger partial charge is 0.335 e. The van der Waals surface area contributed by atoms with Crippen LogP contribution in [0, 0.1) is 5.92 Å². The van der Waals surface area contributed by atoms with Crippen molar-refractivity contribution in [1.29, 1.82) is 0 Å². The van der Waals surface area contributed by atoms with E-state index in [2.05, 4.69) is 33.4 Å². The molecular formula is C24H30N4O7. The zero-order valence-electron chi connectivity index (χ0n) is 18.2. The van der Waals surface area contributed by atoms with Crippen LogP contribution in [0.2, 0.25) is 0 Å². The van der Waals surface area contributed by atoms with Crippen LogP contribution in [0.1, 0.15) is 30.8 Å². The maximum atomic E-state index is 12.7. The Hall–Kier alpha value is -3.54. The zero-order chi connectivity index (χ0) is 24.4. The number of nitrogens with zero attached hydrogens (tertiary/aromatic N) is 3. The standard InChI is InChI=1S/C19H20N4O.C4H6O6.CH4/c24-19(21-16-11-22-7-5-13(16)6-8-22)17-12-23-15(10-20-17)9-14-3-1-2-4-18(14)23;5-1(3(7)8)2(6)4(9)10;/h1-4,9-10,12-13,16H,5-8,11H2,(H,21,24);1-2,5-6H,(H,7,8)(H,9,10);1H4/t16-;1-,2-;/m01./s1. The van der Waals surface area contributed by atoms with Gasteiger partial charge in [-0.1, -0.05) is 25.6 Å². The lowest BCUT2D eigenvalue weighted by Gasteiger charge is -2.44. The van der Waals surface area contributed by atoms with Crippen LogP contribution in [-0.2, 0) is 9.59 Å². The van der Waals surface area contributed by atoms with E-state index in [1.807, 2.05) is 22.7 Å². The highest BCUT2D eigenvalue weighted by atomic mass is 16.4. The van der Waals surface area contributed by atoms with Crippen molar-refractivity contribution in [1.82, 2.24) is 19.6 Å². The fraction of sp³-hybridized carbons (Fsp3) is 0.417. The van der Waals surface area contributed by atoms with Gasteiger partial charge in [0.15, 0.2) is 12.2 Å². The van der Waals surface area contributed by atoms with Gasteiger partial charge >= 0.3 is 11.9 Å². The van der Waals surface area contributed by atoms with E-state index in [1.54, 1.807) is 6.20 Å². The molecule has 5 heterocycles. The van der Waals surface area contributed by atoms with Crippen molar-refractivity contribution < 1.29 is 34.8 Å². The van der Waals surface area contributed by atoms with E-state index in [0.29, 0.717) is 11.6 Å². The lowest BCUT2D eigenvalue weighted by atomic mass is 9.84. The van der Waals surface area contributed by atoms with Gasteiger partial charge in [-0.05, 0) is 44.0 Å². The van der Waals surface area contributed by atoms with E-state index in [9.17, 15) is 14.4 Å². The predicted molar refractivity (Wildman–Crippen MR) is 127 cm³/mol. The number of hydrogen-bond acceptors (Lipinski definition) is 7. The number of rotatable bonds is 5. The third kappa shape index (κ3) is 5.59. The minimum absolute atomic E-state index is 0. The molecule has 3 aromatic rings. The second kappa shape index (κ2) is 10.8. The lowest BCUT2D eigenvalue weighted by Crippen LogP contribution is -2.57. The van der Waals surface area contributed by atoms with Gasteiger partial charge in [-0.15, -0.1) is 0 Å². The molecule has 6 rings (SSSR count). The van der Waals surface area contributed by atoms with Crippen LogP contribution in [-0.4, -0.2) is 90.4 Å². The fourth-order valence-corrected chi connectivity index (χ4v) is 4.49. The highest BCUT2D eigenvalue weighted by molar-refractivity contribution is 5.94. The molecule has 1 amide bonds. The number of fused-ring (bicyclic) bond motifs is 6. The zero-order valence-corrected chi connectivity index (χ0v) is 18.2. The summed E-state index contributed by atoms with van der Waals surface area (Å²) in [5.74, 6) is -2.98. The van der Waals surface area contributed by atoms with Crippen molar-refractivity contribution in [2.45, 2.75) is 38.5 Å². The first-order chi connectivity index (χ1) is 16.2. The molecule has 3 fully saturated rings. The van der Waals surface area contributed by atoms with Crippen LogP contribution in [0.15, 0.2) is 42.7 Å². The quantitative estimate of drug-likeness (QED) is 0.351. The topological polar surface area (TPSA) is 165 Å². The molecule has 3 atom stereocenters. The van der Waals surface area contributed by atoms with Crippen LogP contribution in [0.4, 0.5) is 0 Å². The van der Waals surface area contributed by atoms with Crippen LogP contribution in [0.3, 0.4) is 0 Å². The maximum Gasteiger partial charge on any atom is 0.335 e. The summed E-state index contributed by atoms with van der Waals surface area (Å²) in [4.78, 5) is 39.1. The van der Waals surface area contributed by atoms with Gasteiger partial charge in [0.1, 0.15) is 5.69 Å². The Kier molecular flexibility index (Phi) is 8.05. The molecule has 35 heavy (non-hydrogen) atoms. The number of benzene rings is 1. The van der Waals surface area contributed by atoms with Crippen LogP contribution >= 0.6 is 0 Å². The van der Waals surface area contributed by atoms with Crippen molar-refractivity contribution in [2.75, 3.05) is 19.6 Å². The molecule has 11 nitrogen and oxygen atoms in total. The Balaban J connectivity index is 0.000000269. The number of piperidine rings is 3. The molecule has 0 radical (unpaired) electrons. The van der Waals surface area contributed by atoms with Gasteiger partial charge in [-0.25, -0.2) is 14.6 Å². The molecule has 3 aliphatic rings. The van der Waals surface area contributed by atoms with Gasteiger partial charge in [0, 0.05) is 24.2 Å². The molecule has 3 saturated heterocycles. The van der Waals surface area contributed by atoms with Crippen LogP contribution < -0.4 is 5.32 Å². The summed E-state index contributed by atoms with van der Waals surface area (Å²) >= 11 is 0. The number of aliphatic hydroxyl groups excluding tert-OH is 2. The molecule has 0 saturated carbocycles. The number of aromatic nitrogens is 2. The minimum Gasteiger partial charge on any atom is -0.479 e. The number of carboxylic acid groups (broad SMARTS) is 2. The van der Waals surface area contributed by atoms with Crippen molar-refractivity contribution in [3.8, 4) is 0 Å². The molecule has 2 aromatic heterocycles. The van der Waals surface area contributed by atoms with Gasteiger partial charge in [0.2, 0.25) is 0 Å². The summed E-state index contributed by atoms with van der Waals surface area (Å²) in [7, 11) is 0. The predicted octanol–water partition coefficient (Wildman–Crippen LogP) is 0.825. The number of nitrogens with one attached hydrogen (secondary N) is 1. The van der Waals surface area contributed by atoms with Gasteiger partial charge < -0.3 is 35.0 Å². The van der Waals surface area contributed by atoms with E-state index in [-0.39, 0.29) is 19.4 Å². The summed E-state index contributed by atoms with van der Waals surface area (Å²) in [5.41, 5.74) is 2.60. The minimum atomic E-state index is -2.27. The third-order valence-corrected chi connectivity index (χ3v) is 6.38. The molecular weight excluding hydrogens is 456 g/mol. The first-order valence-electron chi connectivity index (χ1n) is 11.0. The third-order valence-electron chi connectivity index (χ3n) is 6.38. The number of aliphatic carboxylic acids is 2. The molecule has 2 bridgehead atoms. The second-order valence-corrected chi connectivity index (χ2v) is 8.55. The summed E-state index contributed by atoms with van der Waals surface area (Å²) in [6, 6.07) is 10.5. The molecule has 0 spiro atoms. The van der Waals surface area contributed by atoms with Crippen molar-refractivity contribution in [3.63, 3.8) is 0 Å². The van der Waals surface area contributed by atoms with E-state index >= 15 is 0 Å². The number of carbonyl (C=O) groups is 3. The number of amides is 1. The second-order valence-electron chi connectivity index (χ2n) is 8.55. The van der Waals surface area contributed by atoms with E-state index in [0.717, 1.165) is 23.0 Å². The van der Waals surface area contributed by atoms with E-state index in [1.165, 1.54) is 25.9 Å². The summed E-state index contributed by atoms with van der Waals surface area (Å²) in [6.45, 7) is 3.33. The molecule has 0 unspecified atom stereocenters. The lowest BCUT2D eigenvalue weighted by molar-refractivity contribution is -0.165. The van der Waals surface area contributed by atoms with Crippen LogP contribution in [0.5, 0.6) is 0 Å². The first kappa shape index (κ1) is 26.1. The molecule has 1 aromatic carbocycles. The molecule has 11 heteroatoms. The Bertz CT molecular complexity index is 1200. The highest BCUT2D eigenvalue weighted by Gasteiger charge is 2.35. The molecule has 5 N–H and O–H groups in total. The van der Waals surface area contributed by atoms with E-state index in [4.69, 9.17) is 20.4 Å². The Morgan fingerprint density at radius 1 is 1.03 bits per heavy atom. The highest BCUT2D eigenvalue weighted by Crippen LogP contribution is 2.27. The van der Waals surface area contributed by atoms with E-state index < -0.39 is 24.1 Å². The number of hydrogen-bond donors (Lipinski definition) is 5. The average molecular weight is 487 g/mol. The van der Waals surface area contributed by atoms with Crippen molar-refractivity contribution in [3.05, 3.63) is 48.4 Å². The van der Waals surface area contributed by atoms with Gasteiger partial charge in [-0.2, -0.15) is 0 Å². The summed E-state index contributed by atoms with van der Waals surface area (Å²) in [5, 5.41) is 36.9. The molecule has 0 aliphatic carbocycles. The van der Waals surface area contributed by atoms with Crippen molar-refractivity contribution in [2.24, 2.45) is 5.92 Å². The van der Waals surface area contributed by atoms with Gasteiger partial charge in [-0.3, -0.25) is 4.79 Å². The summed E-state index contributed by atoms with van der Waals surface area (Å²) in [6.07, 6.45) is 1.49. The SMILES string of the molecule is C.O=C(N[C@H]1CN2CCC1CC2)c1cn2c(cn1)cc1ccccc12.O=C(O)[C@H](O)[C@@H](O)C(=O)O. The number of carbonyl (C=O) groups excluding carboxylic acids is 1. The van der Waals surface area contributed by atoms with Crippen LogP contribution in [0.25, 0.3) is 16.4 Å². The Morgan fingerprint density at radius 3 is 2.23 bits per heavy atom. The normalized spacial score (nSPS) is 22.4. The monoisotopic (exact) mass is 486 g/mol. The number of aliphatic hydroxyl groups is 2. The Labute approximate surface area is 201 Å². The van der Waals surface area contributed by atoms with Gasteiger partial charge in [0.05, 0.1) is 17.2 Å². The average Bonchev–Trinajstić information content (AvgIpc) is 3.22. The number of carboxylic acids is 2. The Morgan fingerprint density at radius 2 is 1.66 bits per heavy atom. The summed E-state index contributed by atoms with van der Waals surface area (Å²) < 4.78 is 2.05. The fourth-order valence-electron chi connectivity index (χ4n) is 4.49. The number of para-hydroxylation sites is 1. The van der Waals surface area contributed by atoms with Crippen molar-refractivity contribution >= 4 is 34.3 Å². The van der Waals surface area contributed by atoms with Gasteiger partial charge in [0.25, 0.3) is 5.91 Å². The first-order valence-corrected chi connectivity index (χ1v) is 11.0. The largest absolute Gasteiger partial charge is 0.479 e. The maximum absolute atomic E-state index is 12.7.